The van der Waals surface area contributed by atoms with Crippen molar-refractivity contribution in [2.24, 2.45) is 5.92 Å². The zero-order chi connectivity index (χ0) is 17.4. The number of likely N-dealkylation sites (tertiary alicyclic amines) is 1. The van der Waals surface area contributed by atoms with E-state index in [1.54, 1.807) is 0 Å². The molecule has 1 atom stereocenters. The molecule has 0 saturated carbocycles. The van der Waals surface area contributed by atoms with Gasteiger partial charge in [-0.15, -0.1) is 11.3 Å². The Morgan fingerprint density at radius 3 is 2.76 bits per heavy atom. The zero-order valence-corrected chi connectivity index (χ0v) is 16.1. The maximum atomic E-state index is 11.6. The number of piperidine rings is 1. The Balaban J connectivity index is 1.60. The van der Waals surface area contributed by atoms with Gasteiger partial charge in [-0.3, -0.25) is 4.90 Å². The zero-order valence-electron chi connectivity index (χ0n) is 14.4. The molecule has 1 aliphatic heterocycles. The Hall–Kier alpha value is -1.43. The molecular formula is C20H23NO2S2. The van der Waals surface area contributed by atoms with Crippen LogP contribution in [0.2, 0.25) is 0 Å². The molecule has 3 aromatic rings. The SMILES string of the molecule is CS(=O)(=O)CC1CCCN(Cc2cccc3c2sc2ccccc23)C1. The number of hydrogen-bond acceptors (Lipinski definition) is 4. The largest absolute Gasteiger partial charge is 0.299 e. The van der Waals surface area contributed by atoms with Gasteiger partial charge in [0.15, 0.2) is 0 Å². The highest BCUT2D eigenvalue weighted by Gasteiger charge is 2.23. The Morgan fingerprint density at radius 1 is 1.12 bits per heavy atom. The van der Waals surface area contributed by atoms with Gasteiger partial charge in [-0.25, -0.2) is 8.42 Å². The maximum Gasteiger partial charge on any atom is 0.147 e. The normalized spacial score (nSPS) is 19.6. The summed E-state index contributed by atoms with van der Waals surface area (Å²) in [5, 5.41) is 2.67. The fraction of sp³-hybridized carbons (Fsp3) is 0.400. The predicted octanol–water partition coefficient (Wildman–Crippen LogP) is 4.31. The lowest BCUT2D eigenvalue weighted by Crippen LogP contribution is -2.37. The van der Waals surface area contributed by atoms with Crippen molar-refractivity contribution in [2.45, 2.75) is 19.4 Å². The van der Waals surface area contributed by atoms with Crippen molar-refractivity contribution in [1.29, 1.82) is 0 Å². The molecule has 1 fully saturated rings. The number of rotatable bonds is 4. The Labute approximate surface area is 153 Å². The summed E-state index contributed by atoms with van der Waals surface area (Å²) < 4.78 is 25.9. The van der Waals surface area contributed by atoms with Crippen molar-refractivity contribution < 1.29 is 8.42 Å². The van der Waals surface area contributed by atoms with E-state index >= 15 is 0 Å². The Kier molecular flexibility index (Phi) is 4.56. The van der Waals surface area contributed by atoms with Crippen LogP contribution in [0, 0.1) is 5.92 Å². The summed E-state index contributed by atoms with van der Waals surface area (Å²) in [4.78, 5) is 2.43. The summed E-state index contributed by atoms with van der Waals surface area (Å²) in [5.74, 6) is 0.585. The number of hydrogen-bond donors (Lipinski definition) is 0. The molecule has 2 heterocycles. The molecule has 0 bridgehead atoms. The van der Waals surface area contributed by atoms with Gasteiger partial charge in [0.25, 0.3) is 0 Å². The number of fused-ring (bicyclic) bond motifs is 3. The van der Waals surface area contributed by atoms with Crippen molar-refractivity contribution in [1.82, 2.24) is 4.90 Å². The third-order valence-electron chi connectivity index (χ3n) is 5.02. The molecule has 0 radical (unpaired) electrons. The fourth-order valence-electron chi connectivity index (χ4n) is 4.03. The minimum atomic E-state index is -2.90. The van der Waals surface area contributed by atoms with Crippen LogP contribution in [0.4, 0.5) is 0 Å². The first-order chi connectivity index (χ1) is 12.0. The van der Waals surface area contributed by atoms with E-state index < -0.39 is 9.84 Å². The first-order valence-corrected chi connectivity index (χ1v) is 11.7. The van der Waals surface area contributed by atoms with Crippen molar-refractivity contribution >= 4 is 41.3 Å². The standard InChI is InChI=1S/C20H23NO2S2/c1-25(22,23)14-15-6-5-11-21(12-15)13-16-7-4-9-18-17-8-2-3-10-19(17)24-20(16)18/h2-4,7-10,15H,5-6,11-14H2,1H3. The van der Waals surface area contributed by atoms with Gasteiger partial charge in [0, 0.05) is 39.5 Å². The van der Waals surface area contributed by atoms with Crippen LogP contribution in [0.25, 0.3) is 20.2 Å². The summed E-state index contributed by atoms with van der Waals surface area (Å²) in [6.45, 7) is 2.85. The van der Waals surface area contributed by atoms with Gasteiger partial charge in [-0.2, -0.15) is 0 Å². The van der Waals surface area contributed by atoms with Gasteiger partial charge in [0.2, 0.25) is 0 Å². The van der Waals surface area contributed by atoms with E-state index in [0.717, 1.165) is 32.5 Å². The average Bonchev–Trinajstić information content (AvgIpc) is 2.94. The number of benzene rings is 2. The molecule has 1 unspecified atom stereocenters. The smallest absolute Gasteiger partial charge is 0.147 e. The van der Waals surface area contributed by atoms with Gasteiger partial charge in [-0.1, -0.05) is 36.4 Å². The van der Waals surface area contributed by atoms with E-state index in [1.165, 1.54) is 32.0 Å². The third-order valence-corrected chi connectivity index (χ3v) is 7.36. The van der Waals surface area contributed by atoms with Crippen LogP contribution in [-0.2, 0) is 16.4 Å². The molecular weight excluding hydrogens is 350 g/mol. The van der Waals surface area contributed by atoms with Gasteiger partial charge in [0.05, 0.1) is 5.75 Å². The lowest BCUT2D eigenvalue weighted by Gasteiger charge is -2.32. The van der Waals surface area contributed by atoms with Gasteiger partial charge in [0.1, 0.15) is 9.84 Å². The quantitative estimate of drug-likeness (QED) is 0.684. The lowest BCUT2D eigenvalue weighted by molar-refractivity contribution is 0.178. The second kappa shape index (κ2) is 6.71. The summed E-state index contributed by atoms with van der Waals surface area (Å²) in [6, 6.07) is 15.2. The van der Waals surface area contributed by atoms with Crippen LogP contribution in [0.1, 0.15) is 18.4 Å². The highest BCUT2D eigenvalue weighted by atomic mass is 32.2. The monoisotopic (exact) mass is 373 g/mol. The molecule has 1 saturated heterocycles. The summed E-state index contributed by atoms with van der Waals surface area (Å²) >= 11 is 1.87. The molecule has 5 heteroatoms. The van der Waals surface area contributed by atoms with Crippen LogP contribution < -0.4 is 0 Å². The predicted molar refractivity (Wildman–Crippen MR) is 107 cm³/mol. The van der Waals surface area contributed by atoms with Crippen molar-refractivity contribution in [3.8, 4) is 0 Å². The minimum absolute atomic E-state index is 0.269. The van der Waals surface area contributed by atoms with Crippen molar-refractivity contribution in [3.63, 3.8) is 0 Å². The molecule has 1 aromatic heterocycles. The van der Waals surface area contributed by atoms with Crippen molar-refractivity contribution in [2.75, 3.05) is 25.1 Å². The molecule has 1 aliphatic rings. The van der Waals surface area contributed by atoms with Gasteiger partial charge >= 0.3 is 0 Å². The third kappa shape index (κ3) is 3.73. The van der Waals surface area contributed by atoms with E-state index in [4.69, 9.17) is 0 Å². The molecule has 0 spiro atoms. The average molecular weight is 374 g/mol. The number of nitrogens with zero attached hydrogens (tertiary/aromatic N) is 1. The Bertz CT molecular complexity index is 1010. The van der Waals surface area contributed by atoms with E-state index in [2.05, 4.69) is 47.4 Å². The molecule has 0 amide bonds. The minimum Gasteiger partial charge on any atom is -0.299 e. The summed E-state index contributed by atoms with van der Waals surface area (Å²) in [5.41, 5.74) is 1.36. The van der Waals surface area contributed by atoms with E-state index in [-0.39, 0.29) is 5.92 Å². The molecule has 3 nitrogen and oxygen atoms in total. The second-order valence-corrected chi connectivity index (χ2v) is 10.5. The van der Waals surface area contributed by atoms with Crippen LogP contribution in [-0.4, -0.2) is 38.4 Å². The fourth-order valence-corrected chi connectivity index (χ4v) is 6.36. The lowest BCUT2D eigenvalue weighted by atomic mass is 9.99. The highest BCUT2D eigenvalue weighted by Crippen LogP contribution is 2.36. The topological polar surface area (TPSA) is 37.4 Å². The second-order valence-electron chi connectivity index (χ2n) is 7.23. The molecule has 4 rings (SSSR count). The molecule has 132 valence electrons. The molecule has 25 heavy (non-hydrogen) atoms. The van der Waals surface area contributed by atoms with E-state index in [9.17, 15) is 8.42 Å². The number of sulfone groups is 1. The molecule has 2 aromatic carbocycles. The highest BCUT2D eigenvalue weighted by molar-refractivity contribution is 7.90. The molecule has 0 aliphatic carbocycles. The van der Waals surface area contributed by atoms with Gasteiger partial charge < -0.3 is 0 Å². The summed E-state index contributed by atoms with van der Waals surface area (Å²) in [6.07, 6.45) is 3.46. The maximum absolute atomic E-state index is 11.6. The van der Waals surface area contributed by atoms with E-state index in [0.29, 0.717) is 5.75 Å². The van der Waals surface area contributed by atoms with Crippen LogP contribution in [0.15, 0.2) is 42.5 Å². The molecule has 0 N–H and O–H groups in total. The summed E-state index contributed by atoms with van der Waals surface area (Å²) in [7, 11) is -2.90. The number of thiophene rings is 1. The van der Waals surface area contributed by atoms with Crippen LogP contribution in [0.3, 0.4) is 0 Å². The van der Waals surface area contributed by atoms with Crippen LogP contribution in [0.5, 0.6) is 0 Å². The van der Waals surface area contributed by atoms with Gasteiger partial charge in [-0.05, 0) is 36.9 Å². The first kappa shape index (κ1) is 17.0. The first-order valence-electron chi connectivity index (χ1n) is 8.79. The van der Waals surface area contributed by atoms with Crippen LogP contribution >= 0.6 is 11.3 Å². The van der Waals surface area contributed by atoms with Crippen molar-refractivity contribution in [3.05, 3.63) is 48.0 Å². The van der Waals surface area contributed by atoms with E-state index in [1.807, 2.05) is 11.3 Å². The Morgan fingerprint density at radius 2 is 1.92 bits per heavy atom.